The number of carbonyl (C=O) groups excluding carboxylic acids is 1. The van der Waals surface area contributed by atoms with Gasteiger partial charge in [-0.15, -0.1) is 0 Å². The molecule has 0 radical (unpaired) electrons. The first kappa shape index (κ1) is 10.8. The van der Waals surface area contributed by atoms with Crippen LogP contribution in [0.4, 0.5) is 0 Å². The monoisotopic (exact) mass is 231 g/mol. The SMILES string of the molecule is C=CC1=C(C=C)N=C2C=C(Cl)C(=O)C=C2C1. The molecule has 0 N–H and O–H groups in total. The van der Waals surface area contributed by atoms with Crippen molar-refractivity contribution in [3.05, 3.63) is 59.3 Å². The zero-order valence-corrected chi connectivity index (χ0v) is 9.42. The molecule has 1 heterocycles. The predicted molar refractivity (Wildman–Crippen MR) is 66.5 cm³/mol. The van der Waals surface area contributed by atoms with Gasteiger partial charge in [-0.05, 0) is 29.4 Å². The molecule has 2 nitrogen and oxygen atoms in total. The summed E-state index contributed by atoms with van der Waals surface area (Å²) in [5.74, 6) is -0.166. The van der Waals surface area contributed by atoms with Gasteiger partial charge in [-0.2, -0.15) is 0 Å². The molecule has 0 aromatic rings. The molecule has 2 rings (SSSR count). The molecule has 0 atom stereocenters. The molecule has 80 valence electrons. The van der Waals surface area contributed by atoms with Crippen LogP contribution in [0.1, 0.15) is 6.42 Å². The fraction of sp³-hybridized carbons (Fsp3) is 0.0769. The normalized spacial score (nSPS) is 19.6. The maximum absolute atomic E-state index is 11.4. The molecule has 0 aromatic carbocycles. The van der Waals surface area contributed by atoms with E-state index in [0.29, 0.717) is 6.42 Å². The van der Waals surface area contributed by atoms with Gasteiger partial charge in [-0.25, -0.2) is 4.99 Å². The average molecular weight is 232 g/mol. The second-order valence-corrected chi connectivity index (χ2v) is 3.93. The molecule has 1 aliphatic carbocycles. The first-order valence-corrected chi connectivity index (χ1v) is 5.22. The number of halogens is 1. The summed E-state index contributed by atoms with van der Waals surface area (Å²) in [6.45, 7) is 7.43. The third-order valence-corrected chi connectivity index (χ3v) is 2.82. The van der Waals surface area contributed by atoms with Crippen LogP contribution in [0.2, 0.25) is 0 Å². The van der Waals surface area contributed by atoms with Gasteiger partial charge in [0.25, 0.3) is 0 Å². The third kappa shape index (κ3) is 1.72. The van der Waals surface area contributed by atoms with Crippen molar-refractivity contribution in [1.82, 2.24) is 0 Å². The van der Waals surface area contributed by atoms with Crippen LogP contribution in [-0.2, 0) is 4.79 Å². The van der Waals surface area contributed by atoms with E-state index < -0.39 is 0 Å². The Morgan fingerprint density at radius 2 is 2.06 bits per heavy atom. The average Bonchev–Trinajstić information content (AvgIpc) is 2.29. The van der Waals surface area contributed by atoms with Gasteiger partial charge in [0.05, 0.1) is 16.4 Å². The molecule has 0 spiro atoms. The Hall–Kier alpha value is -1.67. The number of carbonyl (C=O) groups is 1. The minimum absolute atomic E-state index is 0.166. The van der Waals surface area contributed by atoms with E-state index in [-0.39, 0.29) is 10.8 Å². The summed E-state index contributed by atoms with van der Waals surface area (Å²) in [7, 11) is 0. The predicted octanol–water partition coefficient (Wildman–Crippen LogP) is 3.09. The quantitative estimate of drug-likeness (QED) is 0.672. The van der Waals surface area contributed by atoms with Crippen LogP contribution in [0, 0.1) is 0 Å². The fourth-order valence-corrected chi connectivity index (χ4v) is 1.84. The Bertz CT molecular complexity index is 518. The van der Waals surface area contributed by atoms with Crippen LogP contribution in [0.25, 0.3) is 0 Å². The van der Waals surface area contributed by atoms with E-state index in [4.69, 9.17) is 11.6 Å². The van der Waals surface area contributed by atoms with Gasteiger partial charge >= 0.3 is 0 Å². The molecule has 2 aliphatic rings. The summed E-state index contributed by atoms with van der Waals surface area (Å²) in [4.78, 5) is 15.8. The van der Waals surface area contributed by atoms with Crippen molar-refractivity contribution in [3.63, 3.8) is 0 Å². The van der Waals surface area contributed by atoms with E-state index in [0.717, 1.165) is 22.6 Å². The standard InChI is InChI=1S/C13H10ClNO/c1-3-8-5-9-6-13(16)10(14)7-12(9)15-11(8)4-2/h3-4,6-7H,1-2,5H2. The highest BCUT2D eigenvalue weighted by atomic mass is 35.5. The Balaban J connectivity index is 2.53. The number of hydrogen-bond donors (Lipinski definition) is 0. The molecule has 1 aliphatic heterocycles. The van der Waals surface area contributed by atoms with Crippen LogP contribution in [0.15, 0.2) is 64.3 Å². The maximum atomic E-state index is 11.4. The lowest BCUT2D eigenvalue weighted by Gasteiger charge is -2.19. The van der Waals surface area contributed by atoms with Crippen molar-refractivity contribution < 1.29 is 4.79 Å². The number of rotatable bonds is 2. The summed E-state index contributed by atoms with van der Waals surface area (Å²) >= 11 is 5.77. The zero-order valence-electron chi connectivity index (χ0n) is 8.66. The van der Waals surface area contributed by atoms with Crippen molar-refractivity contribution in [2.24, 2.45) is 4.99 Å². The zero-order chi connectivity index (χ0) is 11.7. The molecule has 0 bridgehead atoms. The molecule has 0 saturated carbocycles. The largest absolute Gasteiger partial charge is 0.288 e. The summed E-state index contributed by atoms with van der Waals surface area (Å²) in [6.07, 6.45) is 7.20. The van der Waals surface area contributed by atoms with Crippen LogP contribution >= 0.6 is 11.6 Å². The second kappa shape index (κ2) is 4.06. The smallest absolute Gasteiger partial charge is 0.197 e. The van der Waals surface area contributed by atoms with E-state index >= 15 is 0 Å². The first-order chi connectivity index (χ1) is 7.65. The maximum Gasteiger partial charge on any atom is 0.197 e. The Labute approximate surface area is 99.0 Å². The van der Waals surface area contributed by atoms with Crippen LogP contribution in [0.5, 0.6) is 0 Å². The third-order valence-electron chi connectivity index (χ3n) is 2.52. The first-order valence-electron chi connectivity index (χ1n) is 4.85. The Morgan fingerprint density at radius 3 is 2.69 bits per heavy atom. The van der Waals surface area contributed by atoms with Gasteiger partial charge in [0.2, 0.25) is 0 Å². The second-order valence-electron chi connectivity index (χ2n) is 3.52. The summed E-state index contributed by atoms with van der Waals surface area (Å²) in [5, 5.41) is 0.202. The van der Waals surface area contributed by atoms with Gasteiger partial charge in [0.1, 0.15) is 0 Å². The molecule has 0 saturated heterocycles. The fourth-order valence-electron chi connectivity index (χ4n) is 1.68. The van der Waals surface area contributed by atoms with Crippen LogP contribution < -0.4 is 0 Å². The lowest BCUT2D eigenvalue weighted by Crippen LogP contribution is -2.14. The van der Waals surface area contributed by atoms with Crippen molar-refractivity contribution in [1.29, 1.82) is 0 Å². The number of ketones is 1. The molecular weight excluding hydrogens is 222 g/mol. The van der Waals surface area contributed by atoms with E-state index in [1.165, 1.54) is 6.08 Å². The number of hydrogen-bond acceptors (Lipinski definition) is 2. The molecule has 0 amide bonds. The molecule has 0 unspecified atom stereocenters. The van der Waals surface area contributed by atoms with E-state index in [1.807, 2.05) is 0 Å². The van der Waals surface area contributed by atoms with Crippen molar-refractivity contribution in [2.75, 3.05) is 0 Å². The van der Waals surface area contributed by atoms with Gasteiger partial charge in [0, 0.05) is 6.42 Å². The van der Waals surface area contributed by atoms with Gasteiger partial charge in [-0.3, -0.25) is 4.79 Å². The van der Waals surface area contributed by atoms with Crippen molar-refractivity contribution in [3.8, 4) is 0 Å². The summed E-state index contributed by atoms with van der Waals surface area (Å²) in [5.41, 5.74) is 3.39. The number of nitrogens with zero attached hydrogens (tertiary/aromatic N) is 1. The topological polar surface area (TPSA) is 29.4 Å². The highest BCUT2D eigenvalue weighted by molar-refractivity contribution is 6.47. The highest BCUT2D eigenvalue weighted by Crippen LogP contribution is 2.29. The van der Waals surface area contributed by atoms with E-state index in [9.17, 15) is 4.79 Å². The molecule has 3 heteroatoms. The van der Waals surface area contributed by atoms with E-state index in [1.54, 1.807) is 18.2 Å². The number of allylic oxidation sites excluding steroid dienone is 7. The minimum atomic E-state index is -0.166. The molecular formula is C13H10ClNO. The highest BCUT2D eigenvalue weighted by Gasteiger charge is 2.21. The number of fused-ring (bicyclic) bond motifs is 1. The van der Waals surface area contributed by atoms with E-state index in [2.05, 4.69) is 18.2 Å². The Morgan fingerprint density at radius 1 is 1.31 bits per heavy atom. The molecule has 0 fully saturated rings. The minimum Gasteiger partial charge on any atom is -0.288 e. The lowest BCUT2D eigenvalue weighted by molar-refractivity contribution is -0.110. The van der Waals surface area contributed by atoms with Crippen molar-refractivity contribution >= 4 is 23.1 Å². The van der Waals surface area contributed by atoms with Gasteiger partial charge in [0.15, 0.2) is 5.78 Å². The van der Waals surface area contributed by atoms with Gasteiger partial charge < -0.3 is 0 Å². The summed E-state index contributed by atoms with van der Waals surface area (Å²) in [6, 6.07) is 0. The molecule has 16 heavy (non-hydrogen) atoms. The van der Waals surface area contributed by atoms with Crippen molar-refractivity contribution in [2.45, 2.75) is 6.42 Å². The summed E-state index contributed by atoms with van der Waals surface area (Å²) < 4.78 is 0. The van der Waals surface area contributed by atoms with Crippen LogP contribution in [-0.4, -0.2) is 11.5 Å². The van der Waals surface area contributed by atoms with Gasteiger partial charge in [-0.1, -0.05) is 30.8 Å². The van der Waals surface area contributed by atoms with Crippen LogP contribution in [0.3, 0.4) is 0 Å². The number of aliphatic imine (C=N–C) groups is 1. The lowest BCUT2D eigenvalue weighted by atomic mass is 9.92. The Kier molecular flexibility index (Phi) is 2.75. The molecule has 0 aromatic heterocycles.